The van der Waals surface area contributed by atoms with E-state index in [2.05, 4.69) is 34.6 Å². The SMILES string of the molecule is Clc1ccc2c(NC3Cc4ccccc4C3)ccnc2c1. The van der Waals surface area contributed by atoms with E-state index in [4.69, 9.17) is 11.6 Å². The van der Waals surface area contributed by atoms with Crippen LogP contribution in [0.4, 0.5) is 5.69 Å². The molecule has 0 saturated carbocycles. The van der Waals surface area contributed by atoms with Crippen molar-refractivity contribution in [1.29, 1.82) is 0 Å². The van der Waals surface area contributed by atoms with E-state index in [1.165, 1.54) is 11.1 Å². The number of hydrogen-bond donors (Lipinski definition) is 1. The first kappa shape index (κ1) is 12.7. The van der Waals surface area contributed by atoms with Gasteiger partial charge < -0.3 is 5.32 Å². The van der Waals surface area contributed by atoms with Crippen molar-refractivity contribution >= 4 is 28.2 Å². The second-order valence-corrected chi connectivity index (χ2v) is 5.97. The van der Waals surface area contributed by atoms with Crippen LogP contribution in [0.15, 0.2) is 54.7 Å². The number of benzene rings is 2. The molecule has 1 N–H and O–H groups in total. The molecule has 1 aliphatic rings. The smallest absolute Gasteiger partial charge is 0.0737 e. The molecule has 1 aromatic heterocycles. The molecule has 0 fully saturated rings. The van der Waals surface area contributed by atoms with Crippen LogP contribution >= 0.6 is 11.6 Å². The van der Waals surface area contributed by atoms with Gasteiger partial charge in [-0.15, -0.1) is 0 Å². The summed E-state index contributed by atoms with van der Waals surface area (Å²) in [6.45, 7) is 0. The molecule has 21 heavy (non-hydrogen) atoms. The van der Waals surface area contributed by atoms with Gasteiger partial charge in [-0.1, -0.05) is 35.9 Å². The highest BCUT2D eigenvalue weighted by Gasteiger charge is 2.21. The van der Waals surface area contributed by atoms with E-state index >= 15 is 0 Å². The Bertz CT molecular complexity index is 788. The maximum Gasteiger partial charge on any atom is 0.0737 e. The van der Waals surface area contributed by atoms with Crippen molar-refractivity contribution in [3.05, 3.63) is 70.9 Å². The first-order valence-electron chi connectivity index (χ1n) is 7.17. The zero-order valence-corrected chi connectivity index (χ0v) is 12.3. The van der Waals surface area contributed by atoms with Crippen LogP contribution in [0.5, 0.6) is 0 Å². The van der Waals surface area contributed by atoms with Gasteiger partial charge in [0.1, 0.15) is 0 Å². The number of hydrogen-bond acceptors (Lipinski definition) is 2. The van der Waals surface area contributed by atoms with Crippen LogP contribution in [-0.2, 0) is 12.8 Å². The van der Waals surface area contributed by atoms with Crippen molar-refractivity contribution in [2.45, 2.75) is 18.9 Å². The average molecular weight is 295 g/mol. The molecule has 2 nitrogen and oxygen atoms in total. The number of anilines is 1. The van der Waals surface area contributed by atoms with Crippen LogP contribution in [0.3, 0.4) is 0 Å². The van der Waals surface area contributed by atoms with Crippen molar-refractivity contribution in [2.24, 2.45) is 0 Å². The largest absolute Gasteiger partial charge is 0.381 e. The lowest BCUT2D eigenvalue weighted by Crippen LogP contribution is -2.19. The third kappa shape index (κ3) is 2.36. The number of rotatable bonds is 2. The minimum absolute atomic E-state index is 0.448. The molecule has 104 valence electrons. The fourth-order valence-electron chi connectivity index (χ4n) is 3.13. The molecule has 3 heteroatoms. The second kappa shape index (κ2) is 5.05. The Morgan fingerprint density at radius 3 is 2.52 bits per heavy atom. The molecule has 4 rings (SSSR count). The molecule has 1 aliphatic carbocycles. The molecule has 0 spiro atoms. The summed E-state index contributed by atoms with van der Waals surface area (Å²) in [6, 6.07) is 17.0. The van der Waals surface area contributed by atoms with Crippen molar-refractivity contribution in [3.63, 3.8) is 0 Å². The topological polar surface area (TPSA) is 24.9 Å². The molecule has 3 aromatic rings. The Labute approximate surface area is 128 Å². The molecular formula is C18H15ClN2. The summed E-state index contributed by atoms with van der Waals surface area (Å²) in [5, 5.41) is 5.51. The lowest BCUT2D eigenvalue weighted by molar-refractivity contribution is 0.775. The van der Waals surface area contributed by atoms with Gasteiger partial charge in [0.15, 0.2) is 0 Å². The first-order chi connectivity index (χ1) is 10.3. The summed E-state index contributed by atoms with van der Waals surface area (Å²) in [4.78, 5) is 4.39. The predicted molar refractivity (Wildman–Crippen MR) is 88.0 cm³/mol. The number of pyridine rings is 1. The van der Waals surface area contributed by atoms with Gasteiger partial charge in [0.2, 0.25) is 0 Å². The summed E-state index contributed by atoms with van der Waals surface area (Å²) in [5.41, 5.74) is 4.98. The molecule has 0 bridgehead atoms. The van der Waals surface area contributed by atoms with Gasteiger partial charge in [0, 0.05) is 28.3 Å². The molecule has 0 aliphatic heterocycles. The van der Waals surface area contributed by atoms with Crippen LogP contribution in [0, 0.1) is 0 Å². The van der Waals surface area contributed by atoms with E-state index < -0.39 is 0 Å². The van der Waals surface area contributed by atoms with E-state index in [0.717, 1.165) is 34.5 Å². The van der Waals surface area contributed by atoms with Gasteiger partial charge >= 0.3 is 0 Å². The molecule has 0 amide bonds. The molecule has 1 heterocycles. The minimum Gasteiger partial charge on any atom is -0.381 e. The Morgan fingerprint density at radius 2 is 1.76 bits per heavy atom. The van der Waals surface area contributed by atoms with E-state index in [1.807, 2.05) is 30.5 Å². The molecule has 0 radical (unpaired) electrons. The van der Waals surface area contributed by atoms with Crippen molar-refractivity contribution in [1.82, 2.24) is 4.98 Å². The van der Waals surface area contributed by atoms with Crippen LogP contribution in [0.1, 0.15) is 11.1 Å². The normalized spacial score (nSPS) is 14.3. The highest BCUT2D eigenvalue weighted by atomic mass is 35.5. The summed E-state index contributed by atoms with van der Waals surface area (Å²) in [7, 11) is 0. The second-order valence-electron chi connectivity index (χ2n) is 5.54. The minimum atomic E-state index is 0.448. The predicted octanol–water partition coefficient (Wildman–Crippen LogP) is 4.47. The number of aromatic nitrogens is 1. The Morgan fingerprint density at radius 1 is 1.00 bits per heavy atom. The van der Waals surface area contributed by atoms with E-state index in [-0.39, 0.29) is 0 Å². The summed E-state index contributed by atoms with van der Waals surface area (Å²) in [6.07, 6.45) is 3.99. The molecule has 0 saturated heterocycles. The maximum atomic E-state index is 6.04. The zero-order chi connectivity index (χ0) is 14.2. The van der Waals surface area contributed by atoms with Crippen LogP contribution in [-0.4, -0.2) is 11.0 Å². The molecule has 0 atom stereocenters. The van der Waals surface area contributed by atoms with Crippen molar-refractivity contribution in [2.75, 3.05) is 5.32 Å². The first-order valence-corrected chi connectivity index (χ1v) is 7.55. The van der Waals surface area contributed by atoms with Gasteiger partial charge in [0.25, 0.3) is 0 Å². The van der Waals surface area contributed by atoms with E-state index in [9.17, 15) is 0 Å². The maximum absolute atomic E-state index is 6.04. The van der Waals surface area contributed by atoms with Crippen LogP contribution in [0.25, 0.3) is 10.9 Å². The fourth-order valence-corrected chi connectivity index (χ4v) is 3.29. The van der Waals surface area contributed by atoms with Crippen LogP contribution < -0.4 is 5.32 Å². The molecular weight excluding hydrogens is 280 g/mol. The Hall–Kier alpha value is -2.06. The molecule has 0 unspecified atom stereocenters. The summed E-state index contributed by atoms with van der Waals surface area (Å²) >= 11 is 6.04. The Kier molecular flexibility index (Phi) is 3.04. The van der Waals surface area contributed by atoms with Crippen LogP contribution in [0.2, 0.25) is 5.02 Å². The van der Waals surface area contributed by atoms with Gasteiger partial charge in [-0.05, 0) is 48.2 Å². The highest BCUT2D eigenvalue weighted by molar-refractivity contribution is 6.31. The van der Waals surface area contributed by atoms with Crippen molar-refractivity contribution < 1.29 is 0 Å². The van der Waals surface area contributed by atoms with Gasteiger partial charge in [-0.2, -0.15) is 0 Å². The Balaban J connectivity index is 1.64. The summed E-state index contributed by atoms with van der Waals surface area (Å²) in [5.74, 6) is 0. The van der Waals surface area contributed by atoms with E-state index in [0.29, 0.717) is 6.04 Å². The number of halogens is 1. The fraction of sp³-hybridized carbons (Fsp3) is 0.167. The number of nitrogens with one attached hydrogen (secondary N) is 1. The average Bonchev–Trinajstić information content (AvgIpc) is 2.89. The standard InChI is InChI=1S/C18H15ClN2/c19-14-5-6-16-17(7-8-20-18(16)11-14)21-15-9-12-3-1-2-4-13(12)10-15/h1-8,11,15H,9-10H2,(H,20,21). The summed E-state index contributed by atoms with van der Waals surface area (Å²) < 4.78 is 0. The van der Waals surface area contributed by atoms with Crippen molar-refractivity contribution in [3.8, 4) is 0 Å². The number of fused-ring (bicyclic) bond motifs is 2. The van der Waals surface area contributed by atoms with Gasteiger partial charge in [-0.3, -0.25) is 4.98 Å². The van der Waals surface area contributed by atoms with Gasteiger partial charge in [-0.25, -0.2) is 0 Å². The highest BCUT2D eigenvalue weighted by Crippen LogP contribution is 2.28. The monoisotopic (exact) mass is 294 g/mol. The van der Waals surface area contributed by atoms with E-state index in [1.54, 1.807) is 0 Å². The van der Waals surface area contributed by atoms with Gasteiger partial charge in [0.05, 0.1) is 5.52 Å². The quantitative estimate of drug-likeness (QED) is 0.754. The third-order valence-electron chi connectivity index (χ3n) is 4.12. The lowest BCUT2D eigenvalue weighted by atomic mass is 10.1. The lowest BCUT2D eigenvalue weighted by Gasteiger charge is -2.15. The zero-order valence-electron chi connectivity index (χ0n) is 11.5. The number of nitrogens with zero attached hydrogens (tertiary/aromatic N) is 1. The molecule has 2 aromatic carbocycles. The third-order valence-corrected chi connectivity index (χ3v) is 4.35.